The largest absolute Gasteiger partial charge is 0.396 e. The highest BCUT2D eigenvalue weighted by Gasteiger charge is 2.23. The van der Waals surface area contributed by atoms with E-state index in [2.05, 4.69) is 50.8 Å². The SMILES string of the molecule is C=C(C)C=O.CCCCCC1CCC(c2ccc(CCc3ccc(C(CO)CO)cc3)cc2CC)CC1. The molecule has 2 aromatic rings. The third-order valence-electron chi connectivity index (χ3n) is 7.89. The molecule has 0 aliphatic heterocycles. The van der Waals surface area contributed by atoms with E-state index < -0.39 is 0 Å². The van der Waals surface area contributed by atoms with Crippen LogP contribution in [0.3, 0.4) is 0 Å². The first-order chi connectivity index (χ1) is 17.9. The molecule has 37 heavy (non-hydrogen) atoms. The zero-order valence-electron chi connectivity index (χ0n) is 23.6. The van der Waals surface area contributed by atoms with Crippen molar-refractivity contribution < 1.29 is 15.0 Å². The zero-order chi connectivity index (χ0) is 27.0. The number of hydrogen-bond donors (Lipinski definition) is 2. The van der Waals surface area contributed by atoms with Crippen molar-refractivity contribution >= 4 is 6.29 Å². The maximum absolute atomic E-state index is 9.41. The summed E-state index contributed by atoms with van der Waals surface area (Å²) >= 11 is 0. The molecule has 1 aliphatic rings. The number of aliphatic hydroxyl groups is 2. The molecule has 0 spiro atoms. The lowest BCUT2D eigenvalue weighted by molar-refractivity contribution is -0.104. The first kappa shape index (κ1) is 31.0. The quantitative estimate of drug-likeness (QED) is 0.166. The Kier molecular flexibility index (Phi) is 14.5. The Morgan fingerprint density at radius 2 is 1.54 bits per heavy atom. The van der Waals surface area contributed by atoms with Gasteiger partial charge in [-0.25, -0.2) is 0 Å². The average molecular weight is 507 g/mol. The van der Waals surface area contributed by atoms with Crippen molar-refractivity contribution in [1.29, 1.82) is 0 Å². The summed E-state index contributed by atoms with van der Waals surface area (Å²) in [6, 6.07) is 15.6. The highest BCUT2D eigenvalue weighted by atomic mass is 16.3. The number of benzene rings is 2. The van der Waals surface area contributed by atoms with Gasteiger partial charge in [0.15, 0.2) is 0 Å². The second-order valence-corrected chi connectivity index (χ2v) is 10.9. The molecule has 2 aromatic carbocycles. The molecular formula is C34H50O3. The maximum atomic E-state index is 9.41. The first-order valence-electron chi connectivity index (χ1n) is 14.5. The summed E-state index contributed by atoms with van der Waals surface area (Å²) in [4.78, 5) is 9.41. The summed E-state index contributed by atoms with van der Waals surface area (Å²) < 4.78 is 0. The van der Waals surface area contributed by atoms with E-state index in [1.165, 1.54) is 62.5 Å². The van der Waals surface area contributed by atoms with Crippen LogP contribution in [0.4, 0.5) is 0 Å². The summed E-state index contributed by atoms with van der Waals surface area (Å²) in [5.74, 6) is 1.56. The van der Waals surface area contributed by atoms with Crippen LogP contribution < -0.4 is 0 Å². The Morgan fingerprint density at radius 1 is 0.946 bits per heavy atom. The maximum Gasteiger partial charge on any atom is 0.145 e. The van der Waals surface area contributed by atoms with Crippen molar-refractivity contribution in [3.8, 4) is 0 Å². The fourth-order valence-corrected chi connectivity index (χ4v) is 5.48. The van der Waals surface area contributed by atoms with Crippen LogP contribution in [0.1, 0.15) is 112 Å². The molecule has 204 valence electrons. The standard InChI is InChI=1S/C30H44O2.C4H6O/c1-3-5-6-7-23-12-17-28(18-13-23)30-19-14-25(20-26(30)4-2)9-8-24-10-15-27(16-11-24)29(21-31)22-32;1-4(2)3-5/h10-11,14-16,19-20,23,28-29,31-32H,3-9,12-13,17-18,21-22H2,1-2H3;3H,1H2,2H3. The van der Waals surface area contributed by atoms with Crippen molar-refractivity contribution in [1.82, 2.24) is 0 Å². The molecule has 0 saturated heterocycles. The second kappa shape index (κ2) is 17.3. The Bertz CT molecular complexity index is 919. The van der Waals surface area contributed by atoms with Crippen LogP contribution in [0.2, 0.25) is 0 Å². The van der Waals surface area contributed by atoms with E-state index in [-0.39, 0.29) is 19.1 Å². The molecule has 0 unspecified atom stereocenters. The Hall–Kier alpha value is -2.23. The second-order valence-electron chi connectivity index (χ2n) is 10.9. The molecular weight excluding hydrogens is 456 g/mol. The third kappa shape index (κ3) is 10.6. The summed E-state index contributed by atoms with van der Waals surface area (Å²) in [5, 5.41) is 18.7. The van der Waals surface area contributed by atoms with E-state index in [4.69, 9.17) is 0 Å². The topological polar surface area (TPSA) is 57.5 Å². The zero-order valence-corrected chi connectivity index (χ0v) is 23.6. The van der Waals surface area contributed by atoms with Crippen molar-refractivity contribution in [3.63, 3.8) is 0 Å². The van der Waals surface area contributed by atoms with Crippen molar-refractivity contribution in [2.75, 3.05) is 13.2 Å². The van der Waals surface area contributed by atoms with E-state index >= 15 is 0 Å². The number of aldehydes is 1. The number of aliphatic hydroxyl groups excluding tert-OH is 2. The van der Waals surface area contributed by atoms with Gasteiger partial charge in [0.1, 0.15) is 6.29 Å². The number of aryl methyl sites for hydroxylation is 3. The molecule has 3 heteroatoms. The van der Waals surface area contributed by atoms with Gasteiger partial charge in [0.05, 0.1) is 13.2 Å². The monoisotopic (exact) mass is 506 g/mol. The molecule has 1 aliphatic carbocycles. The molecule has 0 amide bonds. The molecule has 0 heterocycles. The number of allylic oxidation sites excluding steroid dienone is 1. The van der Waals surface area contributed by atoms with Gasteiger partial charge in [-0.05, 0) is 97.1 Å². The molecule has 0 atom stereocenters. The molecule has 0 aromatic heterocycles. The minimum absolute atomic E-state index is 0.0114. The van der Waals surface area contributed by atoms with Gasteiger partial charge in [-0.15, -0.1) is 0 Å². The molecule has 3 nitrogen and oxygen atoms in total. The minimum Gasteiger partial charge on any atom is -0.396 e. The van der Waals surface area contributed by atoms with Gasteiger partial charge in [-0.3, -0.25) is 4.79 Å². The minimum atomic E-state index is -0.171. The lowest BCUT2D eigenvalue weighted by atomic mass is 9.75. The Morgan fingerprint density at radius 3 is 2.08 bits per heavy atom. The lowest BCUT2D eigenvalue weighted by Gasteiger charge is -2.30. The number of carbonyl (C=O) groups excluding carboxylic acids is 1. The first-order valence-corrected chi connectivity index (χ1v) is 14.5. The lowest BCUT2D eigenvalue weighted by Crippen LogP contribution is -2.14. The van der Waals surface area contributed by atoms with Gasteiger partial charge in [-0.2, -0.15) is 0 Å². The normalized spacial score (nSPS) is 17.2. The fraction of sp³-hybridized carbons (Fsp3) is 0.559. The summed E-state index contributed by atoms with van der Waals surface area (Å²) in [7, 11) is 0. The van der Waals surface area contributed by atoms with E-state index in [0.29, 0.717) is 5.57 Å². The number of unbranched alkanes of at least 4 members (excludes halogenated alkanes) is 2. The Balaban J connectivity index is 0.000000877. The molecule has 3 rings (SSSR count). The summed E-state index contributed by atoms with van der Waals surface area (Å²) in [6.45, 7) is 9.55. The summed E-state index contributed by atoms with van der Waals surface area (Å²) in [5.41, 5.74) is 7.51. The molecule has 1 fully saturated rings. The van der Waals surface area contributed by atoms with Crippen LogP contribution in [0.5, 0.6) is 0 Å². The van der Waals surface area contributed by atoms with Crippen molar-refractivity contribution in [2.24, 2.45) is 5.92 Å². The van der Waals surface area contributed by atoms with E-state index in [1.807, 2.05) is 12.1 Å². The van der Waals surface area contributed by atoms with Crippen LogP contribution in [-0.2, 0) is 24.1 Å². The Labute approximate surface area is 226 Å². The number of carbonyl (C=O) groups is 1. The molecule has 1 saturated carbocycles. The average Bonchev–Trinajstić information content (AvgIpc) is 2.94. The summed E-state index contributed by atoms with van der Waals surface area (Å²) in [6.07, 6.45) is 15.1. The molecule has 2 N–H and O–H groups in total. The number of rotatable bonds is 13. The fourth-order valence-electron chi connectivity index (χ4n) is 5.48. The van der Waals surface area contributed by atoms with Crippen LogP contribution in [0, 0.1) is 5.92 Å². The van der Waals surface area contributed by atoms with E-state index in [0.717, 1.165) is 42.9 Å². The smallest absolute Gasteiger partial charge is 0.145 e. The van der Waals surface area contributed by atoms with Gasteiger partial charge in [-0.1, -0.05) is 88.6 Å². The molecule has 0 bridgehead atoms. The van der Waals surface area contributed by atoms with Crippen LogP contribution in [-0.4, -0.2) is 29.7 Å². The van der Waals surface area contributed by atoms with Gasteiger partial charge >= 0.3 is 0 Å². The number of hydrogen-bond acceptors (Lipinski definition) is 3. The predicted molar refractivity (Wildman–Crippen MR) is 156 cm³/mol. The van der Waals surface area contributed by atoms with Crippen molar-refractivity contribution in [2.45, 2.75) is 103 Å². The van der Waals surface area contributed by atoms with E-state index in [9.17, 15) is 15.0 Å². The van der Waals surface area contributed by atoms with Crippen LogP contribution >= 0.6 is 0 Å². The van der Waals surface area contributed by atoms with Crippen LogP contribution in [0.15, 0.2) is 54.6 Å². The highest BCUT2D eigenvalue weighted by Crippen LogP contribution is 2.39. The molecule has 0 radical (unpaired) electrons. The van der Waals surface area contributed by atoms with Crippen LogP contribution in [0.25, 0.3) is 0 Å². The van der Waals surface area contributed by atoms with Gasteiger partial charge in [0.25, 0.3) is 0 Å². The third-order valence-corrected chi connectivity index (χ3v) is 7.89. The van der Waals surface area contributed by atoms with Crippen molar-refractivity contribution in [3.05, 3.63) is 82.4 Å². The predicted octanol–water partition coefficient (Wildman–Crippen LogP) is 7.72. The van der Waals surface area contributed by atoms with E-state index in [1.54, 1.807) is 18.1 Å². The van der Waals surface area contributed by atoms with Gasteiger partial charge in [0, 0.05) is 5.92 Å². The highest BCUT2D eigenvalue weighted by molar-refractivity contribution is 5.70. The van der Waals surface area contributed by atoms with Gasteiger partial charge < -0.3 is 10.2 Å². The van der Waals surface area contributed by atoms with Gasteiger partial charge in [0.2, 0.25) is 0 Å².